The summed E-state index contributed by atoms with van der Waals surface area (Å²) in [5.41, 5.74) is 2.37. The number of nitrogens with one attached hydrogen (secondary N) is 1. The molecule has 0 amide bonds. The summed E-state index contributed by atoms with van der Waals surface area (Å²) in [6.07, 6.45) is 4.21. The van der Waals surface area contributed by atoms with Gasteiger partial charge in [-0.1, -0.05) is 24.3 Å². The number of hydrogen-bond acceptors (Lipinski definition) is 2. The van der Waals surface area contributed by atoms with Crippen molar-refractivity contribution in [2.45, 2.75) is 37.3 Å². The van der Waals surface area contributed by atoms with Crippen molar-refractivity contribution in [2.75, 3.05) is 0 Å². The monoisotopic (exact) mass is 198 g/mol. The molecular weight excluding hydrogens is 184 g/mol. The van der Waals surface area contributed by atoms with Crippen LogP contribution in [0.25, 0.3) is 0 Å². The molecule has 2 aliphatic rings. The van der Waals surface area contributed by atoms with Crippen LogP contribution in [0, 0.1) is 11.3 Å². The predicted molar refractivity (Wildman–Crippen MR) is 58.4 cm³/mol. The minimum Gasteiger partial charge on any atom is -0.296 e. The summed E-state index contributed by atoms with van der Waals surface area (Å²) in [4.78, 5) is 0. The van der Waals surface area contributed by atoms with E-state index in [1.807, 2.05) is 0 Å². The van der Waals surface area contributed by atoms with Crippen LogP contribution in [-0.4, -0.2) is 11.6 Å². The highest BCUT2D eigenvalue weighted by Gasteiger charge is 2.41. The van der Waals surface area contributed by atoms with E-state index in [4.69, 9.17) is 0 Å². The smallest absolute Gasteiger partial charge is 0.115 e. The summed E-state index contributed by atoms with van der Waals surface area (Å²) in [5.74, 6) is 0. The van der Waals surface area contributed by atoms with Crippen molar-refractivity contribution in [3.63, 3.8) is 0 Å². The first-order chi connectivity index (χ1) is 7.31. The van der Waals surface area contributed by atoms with E-state index in [1.54, 1.807) is 0 Å². The van der Waals surface area contributed by atoms with Crippen LogP contribution in [0.15, 0.2) is 24.3 Å². The van der Waals surface area contributed by atoms with Crippen molar-refractivity contribution < 1.29 is 0 Å². The lowest BCUT2D eigenvalue weighted by atomic mass is 9.97. The molecule has 1 aromatic rings. The number of nitrogens with zero attached hydrogens (tertiary/aromatic N) is 1. The molecule has 2 nitrogen and oxygen atoms in total. The molecule has 0 atom stereocenters. The zero-order valence-corrected chi connectivity index (χ0v) is 8.66. The van der Waals surface area contributed by atoms with Gasteiger partial charge in [-0.25, -0.2) is 0 Å². The maximum absolute atomic E-state index is 9.35. The SMILES string of the molecule is N#CC1(NC2CC2)Cc2ccccc2C1. The fourth-order valence-corrected chi connectivity index (χ4v) is 2.45. The van der Waals surface area contributed by atoms with Gasteiger partial charge in [0.1, 0.15) is 5.54 Å². The van der Waals surface area contributed by atoms with Gasteiger partial charge in [-0.15, -0.1) is 0 Å². The number of nitriles is 1. The second-order valence-corrected chi connectivity index (χ2v) is 4.73. The highest BCUT2D eigenvalue weighted by atomic mass is 15.0. The van der Waals surface area contributed by atoms with E-state index in [9.17, 15) is 5.26 Å². The van der Waals surface area contributed by atoms with Gasteiger partial charge in [-0.05, 0) is 24.0 Å². The Balaban J connectivity index is 1.88. The minimum atomic E-state index is -0.315. The van der Waals surface area contributed by atoms with Gasteiger partial charge in [0.25, 0.3) is 0 Å². The van der Waals surface area contributed by atoms with E-state index in [2.05, 4.69) is 35.7 Å². The Hall–Kier alpha value is -1.33. The van der Waals surface area contributed by atoms with Gasteiger partial charge in [0.05, 0.1) is 6.07 Å². The molecule has 15 heavy (non-hydrogen) atoms. The molecule has 0 aliphatic heterocycles. The Labute approximate surface area is 89.9 Å². The third-order valence-electron chi connectivity index (χ3n) is 3.37. The molecule has 0 radical (unpaired) electrons. The number of benzene rings is 1. The zero-order chi connectivity index (χ0) is 10.3. The molecule has 0 aromatic heterocycles. The average molecular weight is 198 g/mol. The van der Waals surface area contributed by atoms with Crippen molar-refractivity contribution in [3.8, 4) is 6.07 Å². The van der Waals surface area contributed by atoms with Gasteiger partial charge < -0.3 is 0 Å². The number of fused-ring (bicyclic) bond motifs is 1. The lowest BCUT2D eigenvalue weighted by Crippen LogP contribution is -2.46. The maximum atomic E-state index is 9.35. The topological polar surface area (TPSA) is 35.8 Å². The molecular formula is C13H14N2. The molecule has 0 unspecified atom stereocenters. The summed E-state index contributed by atoms with van der Waals surface area (Å²) >= 11 is 0. The Kier molecular flexibility index (Phi) is 1.83. The lowest BCUT2D eigenvalue weighted by molar-refractivity contribution is 0.427. The van der Waals surface area contributed by atoms with E-state index in [0.29, 0.717) is 6.04 Å². The zero-order valence-electron chi connectivity index (χ0n) is 8.66. The first kappa shape index (κ1) is 8.94. The van der Waals surface area contributed by atoms with Gasteiger partial charge in [0.15, 0.2) is 0 Å². The van der Waals surface area contributed by atoms with Crippen molar-refractivity contribution >= 4 is 0 Å². The molecule has 2 aliphatic carbocycles. The first-order valence-electron chi connectivity index (χ1n) is 5.57. The van der Waals surface area contributed by atoms with Crippen molar-refractivity contribution in [1.82, 2.24) is 5.32 Å². The fraction of sp³-hybridized carbons (Fsp3) is 0.462. The van der Waals surface area contributed by atoms with Crippen LogP contribution >= 0.6 is 0 Å². The molecule has 3 rings (SSSR count). The fourth-order valence-electron chi connectivity index (χ4n) is 2.45. The van der Waals surface area contributed by atoms with Gasteiger partial charge in [0.2, 0.25) is 0 Å². The Bertz CT molecular complexity index is 401. The maximum Gasteiger partial charge on any atom is 0.115 e. The summed E-state index contributed by atoms with van der Waals surface area (Å²) in [5, 5.41) is 12.9. The lowest BCUT2D eigenvalue weighted by Gasteiger charge is -2.21. The van der Waals surface area contributed by atoms with Gasteiger partial charge in [-0.2, -0.15) is 5.26 Å². The third-order valence-corrected chi connectivity index (χ3v) is 3.37. The molecule has 1 saturated carbocycles. The number of rotatable bonds is 2. The van der Waals surface area contributed by atoms with E-state index in [1.165, 1.54) is 24.0 Å². The van der Waals surface area contributed by atoms with E-state index >= 15 is 0 Å². The second-order valence-electron chi connectivity index (χ2n) is 4.73. The quantitative estimate of drug-likeness (QED) is 0.786. The summed E-state index contributed by atoms with van der Waals surface area (Å²) < 4.78 is 0. The Morgan fingerprint density at radius 1 is 1.20 bits per heavy atom. The van der Waals surface area contributed by atoms with Crippen LogP contribution < -0.4 is 5.32 Å². The van der Waals surface area contributed by atoms with E-state index in [0.717, 1.165) is 12.8 Å². The normalized spacial score (nSPS) is 22.1. The first-order valence-corrected chi connectivity index (χ1v) is 5.57. The van der Waals surface area contributed by atoms with E-state index < -0.39 is 0 Å². The molecule has 0 spiro atoms. The van der Waals surface area contributed by atoms with Crippen molar-refractivity contribution in [3.05, 3.63) is 35.4 Å². The van der Waals surface area contributed by atoms with Crippen LogP contribution in [0.2, 0.25) is 0 Å². The number of hydrogen-bond donors (Lipinski definition) is 1. The van der Waals surface area contributed by atoms with Crippen molar-refractivity contribution in [2.24, 2.45) is 0 Å². The molecule has 1 fully saturated rings. The molecule has 1 N–H and O–H groups in total. The van der Waals surface area contributed by atoms with Crippen LogP contribution in [0.3, 0.4) is 0 Å². The highest BCUT2D eigenvalue weighted by Crippen LogP contribution is 2.33. The Morgan fingerprint density at radius 3 is 2.27 bits per heavy atom. The van der Waals surface area contributed by atoms with Gasteiger partial charge >= 0.3 is 0 Å². The Morgan fingerprint density at radius 2 is 1.80 bits per heavy atom. The van der Waals surface area contributed by atoms with Crippen LogP contribution in [-0.2, 0) is 12.8 Å². The summed E-state index contributed by atoms with van der Waals surface area (Å²) in [6, 6.07) is 11.5. The average Bonchev–Trinajstić information content (AvgIpc) is 2.97. The third kappa shape index (κ3) is 1.53. The predicted octanol–water partition coefficient (Wildman–Crippen LogP) is 1.80. The van der Waals surface area contributed by atoms with Gasteiger partial charge in [0, 0.05) is 18.9 Å². The minimum absolute atomic E-state index is 0.315. The van der Waals surface area contributed by atoms with Crippen molar-refractivity contribution in [1.29, 1.82) is 5.26 Å². The second kappa shape index (κ2) is 3.08. The summed E-state index contributed by atoms with van der Waals surface area (Å²) in [7, 11) is 0. The van der Waals surface area contributed by atoms with Crippen LogP contribution in [0.5, 0.6) is 0 Å². The molecule has 0 heterocycles. The van der Waals surface area contributed by atoms with Gasteiger partial charge in [-0.3, -0.25) is 5.32 Å². The molecule has 76 valence electrons. The summed E-state index contributed by atoms with van der Waals surface area (Å²) in [6.45, 7) is 0. The van der Waals surface area contributed by atoms with Crippen LogP contribution in [0.1, 0.15) is 24.0 Å². The van der Waals surface area contributed by atoms with Crippen LogP contribution in [0.4, 0.5) is 0 Å². The molecule has 2 heteroatoms. The molecule has 0 saturated heterocycles. The largest absolute Gasteiger partial charge is 0.296 e. The standard InChI is InChI=1S/C13H14N2/c14-9-13(15-12-5-6-12)7-10-3-1-2-4-11(10)8-13/h1-4,12,15H,5-8H2. The molecule has 1 aromatic carbocycles. The molecule has 0 bridgehead atoms. The van der Waals surface area contributed by atoms with E-state index in [-0.39, 0.29) is 5.54 Å². The highest BCUT2D eigenvalue weighted by molar-refractivity contribution is 5.40.